The topological polar surface area (TPSA) is 55.8 Å². The van der Waals surface area contributed by atoms with Gasteiger partial charge in [0.2, 0.25) is 5.76 Å². The highest BCUT2D eigenvalue weighted by molar-refractivity contribution is 5.85. The summed E-state index contributed by atoms with van der Waals surface area (Å²) in [6, 6.07) is 0. The minimum absolute atomic E-state index is 0.0796. The minimum Gasteiger partial charge on any atom is -0.475 e. The fraction of sp³-hybridized carbons (Fsp3) is 0.222. The van der Waals surface area contributed by atoms with E-state index < -0.39 is 12.3 Å². The summed E-state index contributed by atoms with van der Waals surface area (Å²) in [4.78, 5) is 10.5. The molecule has 0 radical (unpaired) electrons. The average molecular weight is 180 g/mol. The van der Waals surface area contributed by atoms with Crippen LogP contribution in [0.4, 0.5) is 0 Å². The van der Waals surface area contributed by atoms with E-state index in [1.54, 1.807) is 6.08 Å². The van der Waals surface area contributed by atoms with Gasteiger partial charge in [0.15, 0.2) is 0 Å². The summed E-state index contributed by atoms with van der Waals surface area (Å²) >= 11 is 0. The summed E-state index contributed by atoms with van der Waals surface area (Å²) in [6.45, 7) is 0. The van der Waals surface area contributed by atoms with Crippen LogP contribution in [0.5, 0.6) is 0 Å². The van der Waals surface area contributed by atoms with Crippen LogP contribution in [0, 0.1) is 0 Å². The molecule has 1 unspecified atom stereocenters. The molecule has 0 aliphatic carbocycles. The fourth-order valence-electron chi connectivity index (χ4n) is 1.20. The van der Waals surface area contributed by atoms with E-state index in [0.29, 0.717) is 0 Å². The van der Waals surface area contributed by atoms with Gasteiger partial charge in [0.25, 0.3) is 6.29 Å². The molecule has 0 bridgehead atoms. The van der Waals surface area contributed by atoms with Crippen LogP contribution in [0.15, 0.2) is 35.8 Å². The summed E-state index contributed by atoms with van der Waals surface area (Å²) in [5.74, 6) is -1.16. The monoisotopic (exact) mass is 180 g/mol. The standard InChI is InChI=1S/C9H8O4/c10-8(11)7-4-3-6-2-1-5-12-9(6)13-7/h1,3-5,9H,2H2,(H,10,11). The first-order valence-electron chi connectivity index (χ1n) is 3.88. The number of carbonyl (C=O) groups is 1. The Morgan fingerprint density at radius 1 is 1.54 bits per heavy atom. The molecule has 4 nitrogen and oxygen atoms in total. The summed E-state index contributed by atoms with van der Waals surface area (Å²) in [5, 5.41) is 8.63. The van der Waals surface area contributed by atoms with Crippen LogP contribution >= 0.6 is 0 Å². The van der Waals surface area contributed by atoms with Crippen molar-refractivity contribution in [3.8, 4) is 0 Å². The lowest BCUT2D eigenvalue weighted by Gasteiger charge is -2.25. The first kappa shape index (κ1) is 7.91. The Hall–Kier alpha value is -1.71. The number of allylic oxidation sites excluding steroid dienone is 3. The molecule has 4 heteroatoms. The molecule has 0 aromatic rings. The highest BCUT2D eigenvalue weighted by atomic mass is 16.7. The Balaban J connectivity index is 2.22. The second-order valence-corrected chi connectivity index (χ2v) is 2.74. The van der Waals surface area contributed by atoms with Crippen molar-refractivity contribution in [3.63, 3.8) is 0 Å². The van der Waals surface area contributed by atoms with Crippen LogP contribution < -0.4 is 0 Å². The van der Waals surface area contributed by atoms with E-state index in [9.17, 15) is 4.79 Å². The minimum atomic E-state index is -1.08. The molecule has 0 aromatic heterocycles. The van der Waals surface area contributed by atoms with Gasteiger partial charge in [0.05, 0.1) is 6.26 Å². The number of carboxylic acid groups (broad SMARTS) is 1. The Bertz CT molecular complexity index is 325. The molecule has 0 saturated heterocycles. The predicted octanol–water partition coefficient (Wildman–Crippen LogP) is 1.17. The van der Waals surface area contributed by atoms with Gasteiger partial charge in [-0.15, -0.1) is 0 Å². The maximum absolute atomic E-state index is 10.5. The zero-order chi connectivity index (χ0) is 9.26. The van der Waals surface area contributed by atoms with E-state index in [2.05, 4.69) is 0 Å². The van der Waals surface area contributed by atoms with Crippen molar-refractivity contribution in [3.05, 3.63) is 35.8 Å². The number of hydrogen-bond donors (Lipinski definition) is 1. The number of ether oxygens (including phenoxy) is 2. The van der Waals surface area contributed by atoms with Gasteiger partial charge in [-0.25, -0.2) is 4.79 Å². The zero-order valence-electron chi connectivity index (χ0n) is 6.77. The van der Waals surface area contributed by atoms with Crippen LogP contribution in [0.3, 0.4) is 0 Å². The molecule has 1 atom stereocenters. The molecule has 0 spiro atoms. The highest BCUT2D eigenvalue weighted by Crippen LogP contribution is 2.25. The van der Waals surface area contributed by atoms with E-state index in [1.165, 1.54) is 12.3 Å². The molecule has 0 aromatic carbocycles. The molecule has 0 fully saturated rings. The molecule has 2 aliphatic heterocycles. The molecule has 2 heterocycles. The van der Waals surface area contributed by atoms with Crippen molar-refractivity contribution < 1.29 is 19.4 Å². The van der Waals surface area contributed by atoms with Gasteiger partial charge in [0, 0.05) is 5.57 Å². The molecule has 0 saturated carbocycles. The smallest absolute Gasteiger partial charge is 0.371 e. The maximum atomic E-state index is 10.5. The molecule has 0 amide bonds. The normalized spacial score (nSPS) is 24.8. The summed E-state index contributed by atoms with van der Waals surface area (Å²) in [5.41, 5.74) is 0.938. The van der Waals surface area contributed by atoms with E-state index >= 15 is 0 Å². The Morgan fingerprint density at radius 2 is 2.38 bits per heavy atom. The van der Waals surface area contributed by atoms with Crippen LogP contribution in [0.1, 0.15) is 6.42 Å². The van der Waals surface area contributed by atoms with Gasteiger partial charge in [0.1, 0.15) is 0 Å². The molecule has 68 valence electrons. The second kappa shape index (κ2) is 2.97. The van der Waals surface area contributed by atoms with Crippen molar-refractivity contribution in [2.24, 2.45) is 0 Å². The van der Waals surface area contributed by atoms with E-state index in [4.69, 9.17) is 14.6 Å². The lowest BCUT2D eigenvalue weighted by molar-refractivity contribution is -0.142. The van der Waals surface area contributed by atoms with E-state index in [1.807, 2.05) is 6.08 Å². The van der Waals surface area contributed by atoms with Crippen LogP contribution in [0.2, 0.25) is 0 Å². The van der Waals surface area contributed by atoms with Crippen LogP contribution in [0.25, 0.3) is 0 Å². The van der Waals surface area contributed by atoms with Crippen molar-refractivity contribution in [2.45, 2.75) is 12.7 Å². The number of aliphatic carboxylic acids is 1. The van der Waals surface area contributed by atoms with Gasteiger partial charge in [-0.05, 0) is 18.6 Å². The molecule has 13 heavy (non-hydrogen) atoms. The third-order valence-electron chi connectivity index (χ3n) is 1.85. The molecular formula is C9H8O4. The SMILES string of the molecule is O=C(O)C1=CC=C2CC=COC2O1. The fourth-order valence-corrected chi connectivity index (χ4v) is 1.20. The maximum Gasteiger partial charge on any atom is 0.371 e. The largest absolute Gasteiger partial charge is 0.475 e. The van der Waals surface area contributed by atoms with Gasteiger partial charge in [-0.2, -0.15) is 0 Å². The number of fused-ring (bicyclic) bond motifs is 1. The lowest BCUT2D eigenvalue weighted by atomic mass is 10.1. The van der Waals surface area contributed by atoms with Crippen molar-refractivity contribution in [2.75, 3.05) is 0 Å². The van der Waals surface area contributed by atoms with Crippen LogP contribution in [-0.4, -0.2) is 17.4 Å². The van der Waals surface area contributed by atoms with Gasteiger partial charge in [-0.1, -0.05) is 6.08 Å². The number of hydrogen-bond acceptors (Lipinski definition) is 3. The molecule has 1 N–H and O–H groups in total. The lowest BCUT2D eigenvalue weighted by Crippen LogP contribution is -2.24. The predicted molar refractivity (Wildman–Crippen MR) is 43.5 cm³/mol. The van der Waals surface area contributed by atoms with Crippen molar-refractivity contribution in [1.82, 2.24) is 0 Å². The molecule has 2 aliphatic rings. The summed E-state index contributed by atoms with van der Waals surface area (Å²) in [7, 11) is 0. The Morgan fingerprint density at radius 3 is 3.15 bits per heavy atom. The average Bonchev–Trinajstić information content (AvgIpc) is 2.17. The Labute approximate surface area is 74.8 Å². The van der Waals surface area contributed by atoms with E-state index in [0.717, 1.165) is 12.0 Å². The number of carboxylic acids is 1. The molecule has 2 rings (SSSR count). The zero-order valence-corrected chi connectivity index (χ0v) is 6.77. The van der Waals surface area contributed by atoms with Gasteiger partial charge in [-0.3, -0.25) is 0 Å². The Kier molecular flexibility index (Phi) is 1.81. The van der Waals surface area contributed by atoms with Crippen LogP contribution in [-0.2, 0) is 14.3 Å². The highest BCUT2D eigenvalue weighted by Gasteiger charge is 2.25. The van der Waals surface area contributed by atoms with Gasteiger partial charge < -0.3 is 14.6 Å². The van der Waals surface area contributed by atoms with Gasteiger partial charge >= 0.3 is 5.97 Å². The molecular weight excluding hydrogens is 172 g/mol. The third kappa shape index (κ3) is 1.42. The van der Waals surface area contributed by atoms with Crippen molar-refractivity contribution in [1.29, 1.82) is 0 Å². The summed E-state index contributed by atoms with van der Waals surface area (Å²) < 4.78 is 10.2. The third-order valence-corrected chi connectivity index (χ3v) is 1.85. The first-order chi connectivity index (χ1) is 6.27. The number of rotatable bonds is 1. The summed E-state index contributed by atoms with van der Waals surface area (Å²) in [6.07, 6.45) is 6.73. The van der Waals surface area contributed by atoms with Crippen molar-refractivity contribution >= 4 is 5.97 Å². The first-order valence-corrected chi connectivity index (χ1v) is 3.88. The quantitative estimate of drug-likeness (QED) is 0.658. The van der Waals surface area contributed by atoms with E-state index in [-0.39, 0.29) is 5.76 Å². The second-order valence-electron chi connectivity index (χ2n) is 2.74.